The first-order valence-corrected chi connectivity index (χ1v) is 3.36. The van der Waals surface area contributed by atoms with Crippen LogP contribution in [0.4, 0.5) is 0 Å². The topological polar surface area (TPSA) is 60.2 Å². The van der Waals surface area contributed by atoms with Gasteiger partial charge in [-0.1, -0.05) is 6.92 Å². The quantitative estimate of drug-likeness (QED) is 0.603. The monoisotopic (exact) mass is 142 g/mol. The number of rotatable bonds is 5. The summed E-state index contributed by atoms with van der Waals surface area (Å²) < 4.78 is 0. The number of carbonyl (C=O) groups is 1. The van der Waals surface area contributed by atoms with Gasteiger partial charge >= 0.3 is 0 Å². The maximum atomic E-state index is 10.5. The Morgan fingerprint density at radius 1 is 1.70 bits per heavy atom. The molecule has 0 bridgehead atoms. The summed E-state index contributed by atoms with van der Waals surface area (Å²) in [5.74, 6) is -0.473. The molecule has 0 aromatic carbocycles. The standard InChI is InChI=1S/C7H12NO2/c1-2-6(7(8)10)4-3-5-9/h6H,2-4H2,1H3,(H2,8,10). The number of carbonyl (C=O) groups excluding carboxylic acids is 2. The molecule has 57 valence electrons. The first kappa shape index (κ1) is 9.14. The number of primary amides is 1. The minimum atomic E-state index is -0.322. The van der Waals surface area contributed by atoms with Crippen molar-refractivity contribution in [1.82, 2.24) is 0 Å². The van der Waals surface area contributed by atoms with Gasteiger partial charge in [0.25, 0.3) is 0 Å². The maximum Gasteiger partial charge on any atom is 0.220 e. The molecule has 0 aliphatic carbocycles. The Balaban J connectivity index is 3.60. The van der Waals surface area contributed by atoms with Crippen LogP contribution < -0.4 is 5.73 Å². The Labute approximate surface area is 60.6 Å². The van der Waals surface area contributed by atoms with Crippen LogP contribution in [0.15, 0.2) is 0 Å². The van der Waals surface area contributed by atoms with Gasteiger partial charge in [0.1, 0.15) is 0 Å². The van der Waals surface area contributed by atoms with Crippen molar-refractivity contribution in [2.45, 2.75) is 26.2 Å². The summed E-state index contributed by atoms with van der Waals surface area (Å²) in [4.78, 5) is 20.3. The van der Waals surface area contributed by atoms with Crippen LogP contribution in [0.3, 0.4) is 0 Å². The van der Waals surface area contributed by atoms with Gasteiger partial charge in [0.2, 0.25) is 5.91 Å². The number of hydrogen-bond acceptors (Lipinski definition) is 2. The third-order valence-corrected chi connectivity index (χ3v) is 1.49. The lowest BCUT2D eigenvalue weighted by Gasteiger charge is -2.06. The van der Waals surface area contributed by atoms with E-state index in [1.165, 1.54) is 0 Å². The lowest BCUT2D eigenvalue weighted by Crippen LogP contribution is -2.22. The molecule has 0 fully saturated rings. The Kier molecular flexibility index (Phi) is 4.54. The fourth-order valence-electron chi connectivity index (χ4n) is 0.781. The predicted octanol–water partition coefficient (Wildman–Crippen LogP) is 0.388. The van der Waals surface area contributed by atoms with Crippen molar-refractivity contribution in [2.24, 2.45) is 11.7 Å². The second-order valence-corrected chi connectivity index (χ2v) is 2.19. The zero-order valence-corrected chi connectivity index (χ0v) is 6.09. The Morgan fingerprint density at radius 2 is 2.30 bits per heavy atom. The van der Waals surface area contributed by atoms with Gasteiger partial charge in [-0.3, -0.25) is 9.59 Å². The Morgan fingerprint density at radius 3 is 2.60 bits per heavy atom. The van der Waals surface area contributed by atoms with E-state index >= 15 is 0 Å². The molecule has 0 heterocycles. The summed E-state index contributed by atoms with van der Waals surface area (Å²) in [6.45, 7) is 1.88. The zero-order valence-electron chi connectivity index (χ0n) is 6.09. The van der Waals surface area contributed by atoms with Crippen molar-refractivity contribution in [3.05, 3.63) is 0 Å². The van der Waals surface area contributed by atoms with E-state index in [0.29, 0.717) is 19.3 Å². The summed E-state index contributed by atoms with van der Waals surface area (Å²) in [6, 6.07) is 0. The highest BCUT2D eigenvalue weighted by Crippen LogP contribution is 2.08. The zero-order chi connectivity index (χ0) is 7.98. The molecule has 0 spiro atoms. The molecule has 0 saturated heterocycles. The normalized spacial score (nSPS) is 12.5. The highest BCUT2D eigenvalue weighted by Gasteiger charge is 2.11. The van der Waals surface area contributed by atoms with Crippen LogP contribution >= 0.6 is 0 Å². The van der Waals surface area contributed by atoms with Gasteiger partial charge in [-0.05, 0) is 12.8 Å². The third-order valence-electron chi connectivity index (χ3n) is 1.49. The molecule has 0 rings (SSSR count). The van der Waals surface area contributed by atoms with E-state index in [-0.39, 0.29) is 11.8 Å². The van der Waals surface area contributed by atoms with Crippen LogP contribution in [0.1, 0.15) is 26.2 Å². The lowest BCUT2D eigenvalue weighted by molar-refractivity contribution is -0.122. The third kappa shape index (κ3) is 3.22. The summed E-state index contributed by atoms with van der Waals surface area (Å²) in [7, 11) is 0. The van der Waals surface area contributed by atoms with Crippen molar-refractivity contribution in [2.75, 3.05) is 0 Å². The molecule has 2 N–H and O–H groups in total. The maximum absolute atomic E-state index is 10.5. The van der Waals surface area contributed by atoms with Crippen molar-refractivity contribution in [3.8, 4) is 0 Å². The van der Waals surface area contributed by atoms with E-state index in [9.17, 15) is 9.59 Å². The van der Waals surface area contributed by atoms with E-state index in [2.05, 4.69) is 0 Å². The average molecular weight is 142 g/mol. The number of hydrogen-bond donors (Lipinski definition) is 1. The molecule has 0 aliphatic rings. The Bertz CT molecular complexity index is 123. The van der Waals surface area contributed by atoms with Crippen LogP contribution in [-0.2, 0) is 9.59 Å². The first-order chi connectivity index (χ1) is 4.72. The van der Waals surface area contributed by atoms with Crippen molar-refractivity contribution >= 4 is 12.2 Å². The summed E-state index contributed by atoms with van der Waals surface area (Å²) in [6.07, 6.45) is 3.28. The second kappa shape index (κ2) is 4.97. The highest BCUT2D eigenvalue weighted by molar-refractivity contribution is 5.76. The second-order valence-electron chi connectivity index (χ2n) is 2.19. The smallest absolute Gasteiger partial charge is 0.220 e. The van der Waals surface area contributed by atoms with E-state index < -0.39 is 0 Å². The van der Waals surface area contributed by atoms with Gasteiger partial charge in [-0.15, -0.1) is 0 Å². The van der Waals surface area contributed by atoms with Gasteiger partial charge in [0.05, 0.1) is 0 Å². The molecule has 3 heteroatoms. The largest absolute Gasteiger partial charge is 0.369 e. The molecule has 0 aliphatic heterocycles. The van der Waals surface area contributed by atoms with Crippen LogP contribution in [0.25, 0.3) is 0 Å². The SMILES string of the molecule is CCC(CC[C]=O)C(N)=O. The summed E-state index contributed by atoms with van der Waals surface area (Å²) in [5.41, 5.74) is 5.02. The minimum Gasteiger partial charge on any atom is -0.369 e. The molecule has 1 amide bonds. The molecule has 0 saturated carbocycles. The fourth-order valence-corrected chi connectivity index (χ4v) is 0.781. The lowest BCUT2D eigenvalue weighted by atomic mass is 10.0. The number of nitrogens with two attached hydrogens (primary N) is 1. The predicted molar refractivity (Wildman–Crippen MR) is 37.9 cm³/mol. The molecule has 1 radical (unpaired) electrons. The fraction of sp³-hybridized carbons (Fsp3) is 0.714. The van der Waals surface area contributed by atoms with Crippen molar-refractivity contribution < 1.29 is 9.59 Å². The molecule has 1 unspecified atom stereocenters. The molecule has 10 heavy (non-hydrogen) atoms. The van der Waals surface area contributed by atoms with E-state index in [1.54, 1.807) is 6.29 Å². The number of amides is 1. The molecule has 3 nitrogen and oxygen atoms in total. The van der Waals surface area contributed by atoms with Gasteiger partial charge in [0, 0.05) is 12.3 Å². The van der Waals surface area contributed by atoms with Crippen molar-refractivity contribution in [1.29, 1.82) is 0 Å². The van der Waals surface area contributed by atoms with E-state index in [4.69, 9.17) is 5.73 Å². The van der Waals surface area contributed by atoms with Crippen LogP contribution in [0.5, 0.6) is 0 Å². The molecule has 1 atom stereocenters. The highest BCUT2D eigenvalue weighted by atomic mass is 16.1. The van der Waals surface area contributed by atoms with Gasteiger partial charge < -0.3 is 5.73 Å². The average Bonchev–Trinajstić information content (AvgIpc) is 1.89. The first-order valence-electron chi connectivity index (χ1n) is 3.36. The van der Waals surface area contributed by atoms with Crippen molar-refractivity contribution in [3.63, 3.8) is 0 Å². The van der Waals surface area contributed by atoms with Gasteiger partial charge in [0.15, 0.2) is 6.29 Å². The van der Waals surface area contributed by atoms with Gasteiger partial charge in [-0.2, -0.15) is 0 Å². The van der Waals surface area contributed by atoms with Crippen LogP contribution in [0, 0.1) is 5.92 Å². The molecule has 0 aromatic heterocycles. The van der Waals surface area contributed by atoms with E-state index in [1.807, 2.05) is 6.92 Å². The Hall–Kier alpha value is -0.860. The van der Waals surface area contributed by atoms with Crippen LogP contribution in [-0.4, -0.2) is 12.2 Å². The van der Waals surface area contributed by atoms with E-state index in [0.717, 1.165) is 0 Å². The summed E-state index contributed by atoms with van der Waals surface area (Å²) >= 11 is 0. The molecular weight excluding hydrogens is 130 g/mol. The van der Waals surface area contributed by atoms with Gasteiger partial charge in [-0.25, -0.2) is 0 Å². The molecular formula is C7H12NO2. The molecule has 0 aromatic rings. The summed E-state index contributed by atoms with van der Waals surface area (Å²) in [5, 5.41) is 0. The van der Waals surface area contributed by atoms with Crippen LogP contribution in [0.2, 0.25) is 0 Å². The minimum absolute atomic E-state index is 0.151.